The zero-order chi connectivity index (χ0) is 14.4. The molecule has 1 N–H and O–H groups in total. The van der Waals surface area contributed by atoms with Gasteiger partial charge in [-0.05, 0) is 31.2 Å². The van der Waals surface area contributed by atoms with Gasteiger partial charge in [-0.1, -0.05) is 12.1 Å². The summed E-state index contributed by atoms with van der Waals surface area (Å²) in [7, 11) is 0. The maximum atomic E-state index is 13.2. The van der Waals surface area contributed by atoms with Crippen LogP contribution in [0.5, 0.6) is 5.75 Å². The lowest BCUT2D eigenvalue weighted by Gasteiger charge is -2.05. The van der Waals surface area contributed by atoms with Crippen LogP contribution in [0.4, 0.5) is 4.39 Å². The zero-order valence-corrected chi connectivity index (χ0v) is 10.8. The Balaban J connectivity index is 1.78. The zero-order valence-electron chi connectivity index (χ0n) is 10.8. The number of carbonyl (C=O) groups excluding carboxylic acids is 1. The van der Waals surface area contributed by atoms with Gasteiger partial charge in [0.25, 0.3) is 5.91 Å². The average molecular weight is 276 g/mol. The quantitative estimate of drug-likeness (QED) is 0.673. The largest absolute Gasteiger partial charge is 0.481 e. The molecule has 0 atom stereocenters. The molecule has 0 bridgehead atoms. The summed E-state index contributed by atoms with van der Waals surface area (Å²) in [5.74, 6) is 0.286. The molecule has 0 spiro atoms. The molecule has 0 aliphatic heterocycles. The van der Waals surface area contributed by atoms with E-state index in [0.717, 1.165) is 5.76 Å². The fourth-order valence-corrected chi connectivity index (χ4v) is 1.43. The van der Waals surface area contributed by atoms with Gasteiger partial charge in [0.1, 0.15) is 11.5 Å². The molecular formula is C14H13FN2O3. The third-order valence-corrected chi connectivity index (χ3v) is 2.34. The predicted molar refractivity (Wildman–Crippen MR) is 71.1 cm³/mol. The number of ether oxygens (including phenoxy) is 1. The summed E-state index contributed by atoms with van der Waals surface area (Å²) < 4.78 is 23.5. The number of amides is 1. The first-order valence-corrected chi connectivity index (χ1v) is 5.91. The van der Waals surface area contributed by atoms with Gasteiger partial charge in [-0.2, -0.15) is 5.10 Å². The van der Waals surface area contributed by atoms with Gasteiger partial charge in [0.05, 0.1) is 6.21 Å². The van der Waals surface area contributed by atoms with Crippen LogP contribution in [0.1, 0.15) is 11.5 Å². The normalized spacial score (nSPS) is 10.7. The highest BCUT2D eigenvalue weighted by molar-refractivity contribution is 5.81. The molecule has 2 rings (SSSR count). The van der Waals surface area contributed by atoms with Crippen LogP contribution in [0, 0.1) is 12.7 Å². The van der Waals surface area contributed by atoms with Crippen LogP contribution in [-0.4, -0.2) is 18.7 Å². The second-order valence-corrected chi connectivity index (χ2v) is 3.96. The van der Waals surface area contributed by atoms with Crippen LogP contribution in [0.15, 0.2) is 45.9 Å². The summed E-state index contributed by atoms with van der Waals surface area (Å²) in [5, 5.41) is 3.70. The van der Waals surface area contributed by atoms with Gasteiger partial charge in [-0.3, -0.25) is 4.79 Å². The SMILES string of the molecule is Cc1ccc(/C=N\NC(=O)COc2ccccc2F)o1. The number of hydrogen-bond acceptors (Lipinski definition) is 4. The van der Waals surface area contributed by atoms with Crippen LogP contribution in [0.2, 0.25) is 0 Å². The molecule has 1 heterocycles. The lowest BCUT2D eigenvalue weighted by atomic mass is 10.3. The number of rotatable bonds is 5. The molecule has 0 aliphatic carbocycles. The minimum absolute atomic E-state index is 0.0216. The highest BCUT2D eigenvalue weighted by Crippen LogP contribution is 2.14. The third-order valence-electron chi connectivity index (χ3n) is 2.34. The molecular weight excluding hydrogens is 263 g/mol. The molecule has 0 unspecified atom stereocenters. The molecule has 104 valence electrons. The second-order valence-electron chi connectivity index (χ2n) is 3.96. The summed E-state index contributed by atoms with van der Waals surface area (Å²) in [6.45, 7) is 1.48. The minimum Gasteiger partial charge on any atom is -0.481 e. The number of para-hydroxylation sites is 1. The molecule has 0 fully saturated rings. The third kappa shape index (κ3) is 3.94. The van der Waals surface area contributed by atoms with Crippen molar-refractivity contribution in [2.24, 2.45) is 5.10 Å². The van der Waals surface area contributed by atoms with E-state index >= 15 is 0 Å². The Bertz CT molecular complexity index is 622. The Kier molecular flexibility index (Phi) is 4.49. The molecule has 2 aromatic rings. The number of furan rings is 1. The lowest BCUT2D eigenvalue weighted by Crippen LogP contribution is -2.24. The van der Waals surface area contributed by atoms with E-state index in [0.29, 0.717) is 5.76 Å². The monoisotopic (exact) mass is 276 g/mol. The van der Waals surface area contributed by atoms with Gasteiger partial charge in [-0.25, -0.2) is 9.82 Å². The molecule has 1 amide bonds. The van der Waals surface area contributed by atoms with E-state index in [4.69, 9.17) is 9.15 Å². The number of halogens is 1. The van der Waals surface area contributed by atoms with Gasteiger partial charge in [0.2, 0.25) is 0 Å². The van der Waals surface area contributed by atoms with Crippen LogP contribution < -0.4 is 10.2 Å². The first kappa shape index (κ1) is 13.8. The first-order chi connectivity index (χ1) is 9.65. The highest BCUT2D eigenvalue weighted by atomic mass is 19.1. The Morgan fingerprint density at radius 2 is 2.20 bits per heavy atom. The fourth-order valence-electron chi connectivity index (χ4n) is 1.43. The molecule has 0 aliphatic rings. The van der Waals surface area contributed by atoms with Gasteiger partial charge in [-0.15, -0.1) is 0 Å². The number of benzene rings is 1. The maximum absolute atomic E-state index is 13.2. The highest BCUT2D eigenvalue weighted by Gasteiger charge is 2.05. The topological polar surface area (TPSA) is 63.8 Å². The van der Waals surface area contributed by atoms with Crippen LogP contribution >= 0.6 is 0 Å². The van der Waals surface area contributed by atoms with Crippen molar-refractivity contribution in [3.8, 4) is 5.75 Å². The Morgan fingerprint density at radius 1 is 1.40 bits per heavy atom. The van der Waals surface area contributed by atoms with E-state index < -0.39 is 11.7 Å². The standard InChI is InChI=1S/C14H13FN2O3/c1-10-6-7-11(20-10)8-16-17-14(18)9-19-13-5-3-2-4-12(13)15/h2-8H,9H2,1H3,(H,17,18)/b16-8-. The van der Waals surface area contributed by atoms with Crippen molar-refractivity contribution in [1.29, 1.82) is 0 Å². The van der Waals surface area contributed by atoms with E-state index in [2.05, 4.69) is 10.5 Å². The van der Waals surface area contributed by atoms with Crippen LogP contribution in [0.3, 0.4) is 0 Å². The number of carbonyl (C=O) groups is 1. The van der Waals surface area contributed by atoms with Crippen LogP contribution in [0.25, 0.3) is 0 Å². The first-order valence-electron chi connectivity index (χ1n) is 5.91. The number of nitrogens with one attached hydrogen (secondary N) is 1. The summed E-state index contributed by atoms with van der Waals surface area (Å²) in [5.41, 5.74) is 2.25. The summed E-state index contributed by atoms with van der Waals surface area (Å²) in [4.78, 5) is 11.4. The van der Waals surface area contributed by atoms with Crippen molar-refractivity contribution in [2.45, 2.75) is 6.92 Å². The Labute approximate surface area is 115 Å². The van der Waals surface area contributed by atoms with Gasteiger partial charge >= 0.3 is 0 Å². The molecule has 1 aromatic heterocycles. The lowest BCUT2D eigenvalue weighted by molar-refractivity contribution is -0.123. The van der Waals surface area contributed by atoms with E-state index in [1.807, 2.05) is 0 Å². The molecule has 5 nitrogen and oxygen atoms in total. The number of hydrogen-bond donors (Lipinski definition) is 1. The number of aryl methyl sites for hydroxylation is 1. The van der Waals surface area contributed by atoms with Gasteiger partial charge in [0, 0.05) is 0 Å². The van der Waals surface area contributed by atoms with Gasteiger partial charge < -0.3 is 9.15 Å². The Hall–Kier alpha value is -2.63. The summed E-state index contributed by atoms with van der Waals surface area (Å²) in [6, 6.07) is 9.36. The Morgan fingerprint density at radius 3 is 2.90 bits per heavy atom. The molecule has 6 heteroatoms. The number of nitrogens with zero attached hydrogens (tertiary/aromatic N) is 1. The van der Waals surface area contributed by atoms with Crippen molar-refractivity contribution in [2.75, 3.05) is 6.61 Å². The van der Waals surface area contributed by atoms with Crippen molar-refractivity contribution in [1.82, 2.24) is 5.43 Å². The molecule has 20 heavy (non-hydrogen) atoms. The van der Waals surface area contributed by atoms with Gasteiger partial charge in [0.15, 0.2) is 18.2 Å². The molecule has 0 radical (unpaired) electrons. The second kappa shape index (κ2) is 6.51. The van der Waals surface area contributed by atoms with E-state index in [9.17, 15) is 9.18 Å². The van der Waals surface area contributed by atoms with Crippen molar-refractivity contribution >= 4 is 12.1 Å². The summed E-state index contributed by atoms with van der Waals surface area (Å²) in [6.07, 6.45) is 1.37. The fraction of sp³-hybridized carbons (Fsp3) is 0.143. The predicted octanol–water partition coefficient (Wildman–Crippen LogP) is 2.26. The van der Waals surface area contributed by atoms with E-state index in [-0.39, 0.29) is 12.4 Å². The van der Waals surface area contributed by atoms with Crippen LogP contribution in [-0.2, 0) is 4.79 Å². The van der Waals surface area contributed by atoms with E-state index in [1.54, 1.807) is 25.1 Å². The average Bonchev–Trinajstić information content (AvgIpc) is 2.83. The molecule has 1 aromatic carbocycles. The van der Waals surface area contributed by atoms with Crippen molar-refractivity contribution in [3.05, 3.63) is 53.7 Å². The minimum atomic E-state index is -0.519. The molecule has 0 saturated carbocycles. The van der Waals surface area contributed by atoms with E-state index in [1.165, 1.54) is 24.4 Å². The maximum Gasteiger partial charge on any atom is 0.277 e. The summed E-state index contributed by atoms with van der Waals surface area (Å²) >= 11 is 0. The molecule has 0 saturated heterocycles. The smallest absolute Gasteiger partial charge is 0.277 e. The van der Waals surface area contributed by atoms with Crippen molar-refractivity contribution < 1.29 is 18.3 Å². The number of hydrazone groups is 1. The van der Waals surface area contributed by atoms with Crippen molar-refractivity contribution in [3.63, 3.8) is 0 Å².